The molecule has 1 aliphatic carbocycles. The maximum Gasteiger partial charge on any atom is 0.307 e. The van der Waals surface area contributed by atoms with Crippen LogP contribution in [-0.4, -0.2) is 61.4 Å². The van der Waals surface area contributed by atoms with E-state index < -0.39 is 34.2 Å². The Morgan fingerprint density at radius 1 is 1.26 bits per heavy atom. The van der Waals surface area contributed by atoms with Gasteiger partial charge in [-0.1, -0.05) is 12.2 Å². The molecular formula is C20H34O6S. The number of allylic oxidation sites excluding steroid dienone is 2. The molecule has 1 heterocycles. The highest BCUT2D eigenvalue weighted by Gasteiger charge is 2.42. The Balaban J connectivity index is 2.20. The molecule has 6 nitrogen and oxygen atoms in total. The van der Waals surface area contributed by atoms with E-state index in [-0.39, 0.29) is 31.0 Å². The van der Waals surface area contributed by atoms with Gasteiger partial charge < -0.3 is 20.1 Å². The van der Waals surface area contributed by atoms with E-state index in [1.165, 1.54) is 0 Å². The van der Waals surface area contributed by atoms with Gasteiger partial charge in [-0.3, -0.25) is 9.00 Å². The molecular weight excluding hydrogens is 368 g/mol. The zero-order chi connectivity index (χ0) is 19.8. The molecule has 0 aromatic heterocycles. The summed E-state index contributed by atoms with van der Waals surface area (Å²) in [4.78, 5) is 12.4. The average molecular weight is 403 g/mol. The van der Waals surface area contributed by atoms with Gasteiger partial charge in [0.1, 0.15) is 0 Å². The van der Waals surface area contributed by atoms with Crippen molar-refractivity contribution in [2.45, 2.75) is 81.9 Å². The highest BCUT2D eigenvalue weighted by molar-refractivity contribution is 7.85. The molecule has 1 aliphatic heterocycles. The van der Waals surface area contributed by atoms with Crippen LogP contribution in [-0.2, 0) is 20.3 Å². The number of aliphatic hydroxyl groups is 3. The minimum absolute atomic E-state index is 0.0288. The first kappa shape index (κ1) is 22.5. The molecule has 0 amide bonds. The van der Waals surface area contributed by atoms with Crippen LogP contribution in [0.1, 0.15) is 58.3 Å². The second-order valence-corrected chi connectivity index (χ2v) is 9.64. The molecule has 7 heteroatoms. The fraction of sp³-hybridized carbons (Fsp3) is 0.850. The molecule has 27 heavy (non-hydrogen) atoms. The molecule has 156 valence electrons. The number of fused-ring (bicyclic) bond motifs is 1. The molecule has 2 rings (SSSR count). The molecule has 0 aromatic carbocycles. The molecule has 0 saturated heterocycles. The lowest BCUT2D eigenvalue weighted by molar-refractivity contribution is -0.149. The van der Waals surface area contributed by atoms with Crippen molar-refractivity contribution in [1.82, 2.24) is 0 Å². The SMILES string of the molecule is C[C@H]1CCC/C=C/[C@@H]2C[C@H](O)C[C@H]2[C@H](O)[C@H]([S@@](=O)CCCCO)CC(=O)O1. The van der Waals surface area contributed by atoms with Crippen molar-refractivity contribution >= 4 is 16.8 Å². The molecule has 0 unspecified atom stereocenters. The Labute approximate surface area is 164 Å². The van der Waals surface area contributed by atoms with Gasteiger partial charge in [-0.2, -0.15) is 0 Å². The monoisotopic (exact) mass is 402 g/mol. The normalized spacial score (nSPS) is 38.0. The Bertz CT molecular complexity index is 523. The van der Waals surface area contributed by atoms with E-state index >= 15 is 0 Å². The van der Waals surface area contributed by atoms with Crippen molar-refractivity contribution in [3.8, 4) is 0 Å². The lowest BCUT2D eigenvalue weighted by atomic mass is 9.87. The summed E-state index contributed by atoms with van der Waals surface area (Å²) in [5.41, 5.74) is 0. The van der Waals surface area contributed by atoms with E-state index in [4.69, 9.17) is 9.84 Å². The first-order valence-corrected chi connectivity index (χ1v) is 11.5. The number of carbonyl (C=O) groups excluding carboxylic acids is 1. The molecule has 1 fully saturated rings. The molecule has 0 bridgehead atoms. The van der Waals surface area contributed by atoms with Gasteiger partial charge >= 0.3 is 5.97 Å². The largest absolute Gasteiger partial charge is 0.463 e. The van der Waals surface area contributed by atoms with E-state index in [2.05, 4.69) is 12.2 Å². The lowest BCUT2D eigenvalue weighted by Crippen LogP contribution is -2.41. The number of unbranched alkanes of at least 4 members (excludes halogenated alkanes) is 1. The van der Waals surface area contributed by atoms with E-state index in [1.54, 1.807) is 0 Å². The van der Waals surface area contributed by atoms with E-state index in [1.807, 2.05) is 6.92 Å². The Morgan fingerprint density at radius 3 is 2.78 bits per heavy atom. The highest BCUT2D eigenvalue weighted by Crippen LogP contribution is 2.38. The fourth-order valence-corrected chi connectivity index (χ4v) is 5.76. The summed E-state index contributed by atoms with van der Waals surface area (Å²) < 4.78 is 18.3. The van der Waals surface area contributed by atoms with Crippen LogP contribution in [0.4, 0.5) is 0 Å². The van der Waals surface area contributed by atoms with Crippen LogP contribution >= 0.6 is 0 Å². The maximum absolute atomic E-state index is 12.8. The van der Waals surface area contributed by atoms with Gasteiger partial charge in [0.25, 0.3) is 0 Å². The molecule has 7 atom stereocenters. The number of aliphatic hydroxyl groups excluding tert-OH is 3. The lowest BCUT2D eigenvalue weighted by Gasteiger charge is -2.29. The first-order chi connectivity index (χ1) is 12.9. The van der Waals surface area contributed by atoms with Gasteiger partial charge in [-0.25, -0.2) is 0 Å². The average Bonchev–Trinajstić information content (AvgIpc) is 2.99. The van der Waals surface area contributed by atoms with Crippen LogP contribution < -0.4 is 0 Å². The van der Waals surface area contributed by atoms with Gasteiger partial charge in [0.15, 0.2) is 0 Å². The molecule has 0 spiro atoms. The Morgan fingerprint density at radius 2 is 2.04 bits per heavy atom. The second kappa shape index (κ2) is 11.3. The van der Waals surface area contributed by atoms with Crippen LogP contribution in [0.15, 0.2) is 12.2 Å². The minimum Gasteiger partial charge on any atom is -0.463 e. The van der Waals surface area contributed by atoms with Crippen LogP contribution in [0.3, 0.4) is 0 Å². The number of esters is 1. The van der Waals surface area contributed by atoms with Crippen molar-refractivity contribution in [2.75, 3.05) is 12.4 Å². The third kappa shape index (κ3) is 6.97. The van der Waals surface area contributed by atoms with Gasteiger partial charge in [-0.15, -0.1) is 0 Å². The molecule has 0 aromatic rings. The zero-order valence-corrected chi connectivity index (χ0v) is 17.0. The number of ether oxygens (including phenoxy) is 1. The van der Waals surface area contributed by atoms with E-state index in [9.17, 15) is 19.2 Å². The quantitative estimate of drug-likeness (QED) is 0.367. The van der Waals surface area contributed by atoms with Gasteiger partial charge in [0.2, 0.25) is 0 Å². The molecule has 2 aliphatic rings. The standard InChI is InChI=1S/C20H34O6S/c1-14-7-3-2-4-8-15-11-16(22)12-17(15)20(24)18(13-19(23)26-14)27(25)10-6-5-9-21/h4,8,14-18,20-22,24H,2-3,5-7,9-13H2,1H3/b8-4+/t14-,15+,16-,17+,18+,20-,27-/m0/s1. The molecule has 1 saturated carbocycles. The second-order valence-electron chi connectivity index (χ2n) is 7.86. The summed E-state index contributed by atoms with van der Waals surface area (Å²) in [7, 11) is -1.40. The predicted octanol–water partition coefficient (Wildman–Crippen LogP) is 1.69. The van der Waals surface area contributed by atoms with Crippen molar-refractivity contribution in [1.29, 1.82) is 0 Å². The highest BCUT2D eigenvalue weighted by atomic mass is 32.2. The summed E-state index contributed by atoms with van der Waals surface area (Å²) >= 11 is 0. The summed E-state index contributed by atoms with van der Waals surface area (Å²) in [6, 6.07) is 0. The smallest absolute Gasteiger partial charge is 0.307 e. The van der Waals surface area contributed by atoms with Crippen LogP contribution in [0.25, 0.3) is 0 Å². The third-order valence-corrected chi connectivity index (χ3v) is 7.43. The van der Waals surface area contributed by atoms with Gasteiger partial charge in [0, 0.05) is 23.2 Å². The van der Waals surface area contributed by atoms with Crippen molar-refractivity contribution < 1.29 is 29.1 Å². The first-order valence-electron chi connectivity index (χ1n) is 10.1. The number of hydrogen-bond acceptors (Lipinski definition) is 6. The Hall–Kier alpha value is -0.760. The molecule has 0 radical (unpaired) electrons. The number of rotatable bonds is 5. The zero-order valence-electron chi connectivity index (χ0n) is 16.2. The predicted molar refractivity (Wildman–Crippen MR) is 105 cm³/mol. The van der Waals surface area contributed by atoms with Crippen LogP contribution in [0.5, 0.6) is 0 Å². The van der Waals surface area contributed by atoms with Crippen LogP contribution in [0, 0.1) is 11.8 Å². The number of hydrogen-bond donors (Lipinski definition) is 3. The topological polar surface area (TPSA) is 104 Å². The van der Waals surface area contributed by atoms with Gasteiger partial charge in [0.05, 0.1) is 30.0 Å². The number of carbonyl (C=O) groups is 1. The molecule has 3 N–H and O–H groups in total. The van der Waals surface area contributed by atoms with Crippen molar-refractivity contribution in [2.24, 2.45) is 11.8 Å². The summed E-state index contributed by atoms with van der Waals surface area (Å²) in [5.74, 6) is -0.277. The van der Waals surface area contributed by atoms with Gasteiger partial charge in [-0.05, 0) is 63.7 Å². The van der Waals surface area contributed by atoms with Crippen molar-refractivity contribution in [3.63, 3.8) is 0 Å². The fourth-order valence-electron chi connectivity index (χ4n) is 4.13. The van der Waals surface area contributed by atoms with E-state index in [0.717, 1.165) is 19.3 Å². The summed E-state index contributed by atoms with van der Waals surface area (Å²) in [5, 5.41) is 29.4. The minimum atomic E-state index is -1.40. The number of cyclic esters (lactones) is 1. The summed E-state index contributed by atoms with van der Waals surface area (Å²) in [6.07, 6.45) is 7.15. The van der Waals surface area contributed by atoms with E-state index in [0.29, 0.717) is 31.4 Å². The maximum atomic E-state index is 12.8. The van der Waals surface area contributed by atoms with Crippen LogP contribution in [0.2, 0.25) is 0 Å². The third-order valence-electron chi connectivity index (χ3n) is 5.61. The summed E-state index contributed by atoms with van der Waals surface area (Å²) in [6.45, 7) is 1.89. The Kier molecular flexibility index (Phi) is 9.42. The van der Waals surface area contributed by atoms with Crippen molar-refractivity contribution in [3.05, 3.63) is 12.2 Å².